The molecule has 2 heterocycles. The number of carbonyl (C=O) groups is 2. The summed E-state index contributed by atoms with van der Waals surface area (Å²) < 4.78 is 31.8. The number of ether oxygens (including phenoxy) is 1. The van der Waals surface area contributed by atoms with Crippen LogP contribution >= 0.6 is 0 Å². The summed E-state index contributed by atoms with van der Waals surface area (Å²) in [6.45, 7) is 1.19. The summed E-state index contributed by atoms with van der Waals surface area (Å²) in [5.74, 6) is -1.22. The first-order chi connectivity index (χ1) is 13.0. The molecule has 0 unspecified atom stereocenters. The van der Waals surface area contributed by atoms with E-state index < -0.39 is 21.8 Å². The Labute approximate surface area is 156 Å². The molecule has 1 aromatic carbocycles. The number of hydrogen-bond donors (Lipinski definition) is 2. The third-order valence-electron chi connectivity index (χ3n) is 3.89. The van der Waals surface area contributed by atoms with Crippen molar-refractivity contribution in [2.75, 3.05) is 26.3 Å². The van der Waals surface area contributed by atoms with Gasteiger partial charge in [0.25, 0.3) is 11.8 Å². The second kappa shape index (κ2) is 8.25. The predicted octanol–water partition coefficient (Wildman–Crippen LogP) is 0.177. The summed E-state index contributed by atoms with van der Waals surface area (Å²) in [4.78, 5) is 28.0. The molecule has 1 fully saturated rings. The van der Waals surface area contributed by atoms with Crippen molar-refractivity contribution in [2.24, 2.45) is 0 Å². The zero-order valence-corrected chi connectivity index (χ0v) is 15.1. The van der Waals surface area contributed by atoms with Crippen LogP contribution in [0.1, 0.15) is 20.8 Å². The van der Waals surface area contributed by atoms with E-state index in [4.69, 9.17) is 4.74 Å². The van der Waals surface area contributed by atoms with Gasteiger partial charge in [-0.15, -0.1) is 0 Å². The number of aromatic nitrogens is 1. The molecule has 27 heavy (non-hydrogen) atoms. The van der Waals surface area contributed by atoms with E-state index in [1.165, 1.54) is 40.8 Å². The van der Waals surface area contributed by atoms with Gasteiger partial charge in [0, 0.05) is 24.8 Å². The number of hydrogen-bond acceptors (Lipinski definition) is 6. The smallest absolute Gasteiger partial charge is 0.288 e. The fraction of sp³-hybridized carbons (Fsp3) is 0.235. The summed E-state index contributed by atoms with van der Waals surface area (Å²) in [5.41, 5.74) is 4.73. The first kappa shape index (κ1) is 19.0. The number of sulfonamides is 1. The monoisotopic (exact) mass is 390 g/mol. The van der Waals surface area contributed by atoms with Gasteiger partial charge in [-0.2, -0.15) is 4.31 Å². The van der Waals surface area contributed by atoms with Crippen LogP contribution in [0.3, 0.4) is 0 Å². The van der Waals surface area contributed by atoms with E-state index in [9.17, 15) is 18.0 Å². The molecule has 142 valence electrons. The van der Waals surface area contributed by atoms with Crippen LogP contribution in [-0.2, 0) is 14.8 Å². The highest BCUT2D eigenvalue weighted by Crippen LogP contribution is 2.18. The average Bonchev–Trinajstić information content (AvgIpc) is 2.73. The minimum atomic E-state index is -3.72. The number of nitrogens with one attached hydrogen (secondary N) is 2. The average molecular weight is 390 g/mol. The molecule has 0 spiro atoms. The van der Waals surface area contributed by atoms with Gasteiger partial charge in [-0.25, -0.2) is 8.42 Å². The highest BCUT2D eigenvalue weighted by atomic mass is 32.2. The molecule has 2 amide bonds. The van der Waals surface area contributed by atoms with Gasteiger partial charge < -0.3 is 4.74 Å². The Morgan fingerprint density at radius 2 is 1.74 bits per heavy atom. The van der Waals surface area contributed by atoms with Crippen LogP contribution in [-0.4, -0.2) is 55.8 Å². The number of hydrazine groups is 1. The maximum atomic E-state index is 12.7. The lowest BCUT2D eigenvalue weighted by atomic mass is 10.2. The van der Waals surface area contributed by atoms with Crippen LogP contribution in [0.15, 0.2) is 53.6 Å². The van der Waals surface area contributed by atoms with E-state index in [0.717, 1.165) is 0 Å². The first-order valence-electron chi connectivity index (χ1n) is 8.18. The number of morpholine rings is 1. The second-order valence-corrected chi connectivity index (χ2v) is 7.61. The molecule has 1 aliphatic rings. The van der Waals surface area contributed by atoms with Crippen molar-refractivity contribution in [3.8, 4) is 0 Å². The van der Waals surface area contributed by atoms with Crippen molar-refractivity contribution in [2.45, 2.75) is 4.90 Å². The zero-order chi connectivity index (χ0) is 19.3. The van der Waals surface area contributed by atoms with Gasteiger partial charge in [0.05, 0.1) is 18.1 Å². The van der Waals surface area contributed by atoms with Crippen molar-refractivity contribution >= 4 is 21.8 Å². The van der Waals surface area contributed by atoms with Gasteiger partial charge >= 0.3 is 0 Å². The van der Waals surface area contributed by atoms with Gasteiger partial charge in [-0.3, -0.25) is 25.4 Å². The largest absolute Gasteiger partial charge is 0.379 e. The number of rotatable bonds is 4. The fourth-order valence-electron chi connectivity index (χ4n) is 2.48. The van der Waals surface area contributed by atoms with Crippen LogP contribution < -0.4 is 10.9 Å². The lowest BCUT2D eigenvalue weighted by Gasteiger charge is -2.26. The molecule has 2 N–H and O–H groups in total. The van der Waals surface area contributed by atoms with Crippen LogP contribution in [0.25, 0.3) is 0 Å². The first-order valence-corrected chi connectivity index (χ1v) is 9.62. The number of benzene rings is 1. The minimum absolute atomic E-state index is 0.00750. The molecule has 10 heteroatoms. The predicted molar refractivity (Wildman–Crippen MR) is 95.2 cm³/mol. The van der Waals surface area contributed by atoms with E-state index in [1.54, 1.807) is 12.1 Å². The van der Waals surface area contributed by atoms with Crippen LogP contribution in [0.5, 0.6) is 0 Å². The second-order valence-electron chi connectivity index (χ2n) is 5.67. The lowest BCUT2D eigenvalue weighted by molar-refractivity contribution is 0.0730. The van der Waals surface area contributed by atoms with E-state index >= 15 is 0 Å². The summed E-state index contributed by atoms with van der Waals surface area (Å²) in [6, 6.07) is 10.4. The van der Waals surface area contributed by atoms with Crippen molar-refractivity contribution in [3.05, 3.63) is 59.9 Å². The van der Waals surface area contributed by atoms with Gasteiger partial charge in [0.2, 0.25) is 10.0 Å². The summed E-state index contributed by atoms with van der Waals surface area (Å²) in [6.07, 6.45) is 1.46. The molecule has 1 aromatic heterocycles. The van der Waals surface area contributed by atoms with Crippen molar-refractivity contribution in [3.63, 3.8) is 0 Å². The number of nitrogens with zero attached hydrogens (tertiary/aromatic N) is 2. The van der Waals surface area contributed by atoms with E-state index in [2.05, 4.69) is 15.8 Å². The van der Waals surface area contributed by atoms with Gasteiger partial charge in [-0.1, -0.05) is 12.1 Å². The van der Waals surface area contributed by atoms with Gasteiger partial charge in [0.1, 0.15) is 5.69 Å². The number of amides is 2. The van der Waals surface area contributed by atoms with Crippen molar-refractivity contribution in [1.82, 2.24) is 20.1 Å². The van der Waals surface area contributed by atoms with E-state index in [0.29, 0.717) is 13.2 Å². The third kappa shape index (κ3) is 4.48. The molecule has 1 aliphatic heterocycles. The quantitative estimate of drug-likeness (QED) is 0.719. The Hall–Kier alpha value is -2.82. The topological polar surface area (TPSA) is 118 Å². The molecule has 3 rings (SSSR count). The zero-order valence-electron chi connectivity index (χ0n) is 14.3. The molecular formula is C17H18N4O5S. The highest BCUT2D eigenvalue weighted by Gasteiger charge is 2.26. The molecule has 0 saturated carbocycles. The molecular weight excluding hydrogens is 372 g/mol. The molecule has 0 bridgehead atoms. The van der Waals surface area contributed by atoms with Crippen LogP contribution in [0.2, 0.25) is 0 Å². The minimum Gasteiger partial charge on any atom is -0.379 e. The van der Waals surface area contributed by atoms with Crippen LogP contribution in [0.4, 0.5) is 0 Å². The third-order valence-corrected chi connectivity index (χ3v) is 5.79. The van der Waals surface area contributed by atoms with E-state index in [-0.39, 0.29) is 29.2 Å². The Balaban J connectivity index is 1.69. The normalized spacial score (nSPS) is 15.1. The van der Waals surface area contributed by atoms with Crippen LogP contribution in [0, 0.1) is 0 Å². The maximum Gasteiger partial charge on any atom is 0.288 e. The summed E-state index contributed by atoms with van der Waals surface area (Å²) in [7, 11) is -3.72. The molecule has 9 nitrogen and oxygen atoms in total. The molecule has 2 aromatic rings. The summed E-state index contributed by atoms with van der Waals surface area (Å²) in [5, 5.41) is 0. The Bertz CT molecular complexity index is 927. The maximum absolute atomic E-state index is 12.7. The Morgan fingerprint density at radius 3 is 2.44 bits per heavy atom. The van der Waals surface area contributed by atoms with Crippen molar-refractivity contribution in [1.29, 1.82) is 0 Å². The molecule has 1 saturated heterocycles. The summed E-state index contributed by atoms with van der Waals surface area (Å²) >= 11 is 0. The fourth-order valence-corrected chi connectivity index (χ4v) is 3.93. The molecule has 0 radical (unpaired) electrons. The molecule has 0 atom stereocenters. The Kier molecular flexibility index (Phi) is 5.79. The molecule has 0 aliphatic carbocycles. The highest BCUT2D eigenvalue weighted by molar-refractivity contribution is 7.89. The van der Waals surface area contributed by atoms with E-state index in [1.807, 2.05) is 0 Å². The number of carbonyl (C=O) groups excluding carboxylic acids is 2. The SMILES string of the molecule is O=C(NNC(=O)c1ccccn1)c1cccc(S(=O)(=O)N2CCOCC2)c1. The number of pyridine rings is 1. The van der Waals surface area contributed by atoms with Crippen molar-refractivity contribution < 1.29 is 22.7 Å². The van der Waals surface area contributed by atoms with Gasteiger partial charge in [-0.05, 0) is 30.3 Å². The standard InChI is InChI=1S/C17H18N4O5S/c22-16(19-20-17(23)15-6-1-2-7-18-15)13-4-3-5-14(12-13)27(24,25)21-8-10-26-11-9-21/h1-7,12H,8-11H2,(H,19,22)(H,20,23). The Morgan fingerprint density at radius 1 is 1.00 bits per heavy atom. The van der Waals surface area contributed by atoms with Gasteiger partial charge in [0.15, 0.2) is 0 Å². The lowest BCUT2D eigenvalue weighted by Crippen LogP contribution is -2.42.